The monoisotopic (exact) mass is 942 g/mol. The van der Waals surface area contributed by atoms with Crippen molar-refractivity contribution in [2.24, 2.45) is 11.8 Å². The second-order valence-corrected chi connectivity index (χ2v) is 18.7. The number of alkyl halides is 4. The summed E-state index contributed by atoms with van der Waals surface area (Å²) in [6.07, 6.45) is 1.50. The summed E-state index contributed by atoms with van der Waals surface area (Å²) >= 11 is 0. The van der Waals surface area contributed by atoms with Gasteiger partial charge < -0.3 is 39.9 Å². The van der Waals surface area contributed by atoms with E-state index >= 15 is 4.39 Å². The van der Waals surface area contributed by atoms with Gasteiger partial charge in [0.2, 0.25) is 5.91 Å². The van der Waals surface area contributed by atoms with Crippen LogP contribution in [0.15, 0.2) is 54.7 Å². The van der Waals surface area contributed by atoms with E-state index < -0.39 is 52.6 Å². The number of nitriles is 1. The number of amides is 4. The number of nitrogens with zero attached hydrogens (tertiary/aromatic N) is 8. The Labute approximate surface area is 393 Å². The highest BCUT2D eigenvalue weighted by Crippen LogP contribution is 2.37. The van der Waals surface area contributed by atoms with Crippen LogP contribution in [0.4, 0.5) is 40.4 Å². The molecule has 3 aromatic rings. The van der Waals surface area contributed by atoms with Crippen LogP contribution < -0.4 is 25.3 Å². The number of nitrogens with one attached hydrogen (secondary N) is 2. The summed E-state index contributed by atoms with van der Waals surface area (Å²) in [6, 6.07) is 12.8. The van der Waals surface area contributed by atoms with Gasteiger partial charge in [-0.25, -0.2) is 9.37 Å². The minimum Gasteiger partial charge on any atom is -0.371 e. The van der Waals surface area contributed by atoms with Crippen molar-refractivity contribution in [2.75, 3.05) is 106 Å². The third kappa shape index (κ3) is 10.6. The first kappa shape index (κ1) is 48.3. The predicted octanol–water partition coefficient (Wildman–Crippen LogP) is 5.36. The summed E-state index contributed by atoms with van der Waals surface area (Å²) in [5.74, 6) is -0.956. The van der Waals surface area contributed by atoms with E-state index in [0.717, 1.165) is 120 Å². The molecular formula is C49H58F4N10O5. The van der Waals surface area contributed by atoms with Crippen molar-refractivity contribution in [3.8, 4) is 6.07 Å². The predicted molar refractivity (Wildman–Crippen MR) is 247 cm³/mol. The first-order valence-corrected chi connectivity index (χ1v) is 23.6. The van der Waals surface area contributed by atoms with Crippen molar-refractivity contribution < 1.29 is 41.5 Å². The molecule has 1 atom stereocenters. The standard InChI is InChI=1S/C49H58F4N10O5/c1-55-44(65)42(3-2-26-64)63-45(66)39-8-6-36(27-40(39)46(63)67)60-16-10-33(11-17-60)31-58-22-24-59(25-23-58)32-34-12-18-61(19-13-34)38-7-9-43(56-30-38)57-47(68)48(50)14-20-62(21-15-48)37-5-4-35(29-54)41(28-37)49(51,52)53/h4-9,26-28,30,33-34,42H,2-3,10-25,31-32H2,1H3,(H,55,65)(H,56,57,68). The molecule has 68 heavy (non-hydrogen) atoms. The van der Waals surface area contributed by atoms with Gasteiger partial charge in [-0.15, -0.1) is 0 Å². The zero-order valence-corrected chi connectivity index (χ0v) is 38.3. The number of imide groups is 1. The van der Waals surface area contributed by atoms with Gasteiger partial charge in [0.1, 0.15) is 18.1 Å². The molecule has 0 spiro atoms. The highest BCUT2D eigenvalue weighted by molar-refractivity contribution is 6.23. The molecule has 2 aromatic carbocycles. The third-order valence-corrected chi connectivity index (χ3v) is 14.5. The van der Waals surface area contributed by atoms with Crippen molar-refractivity contribution in [3.05, 3.63) is 77.0 Å². The summed E-state index contributed by atoms with van der Waals surface area (Å²) in [5.41, 5.74) is -1.14. The summed E-state index contributed by atoms with van der Waals surface area (Å²) in [4.78, 5) is 80.0. The van der Waals surface area contributed by atoms with E-state index in [4.69, 9.17) is 5.26 Å². The molecule has 15 nitrogen and oxygen atoms in total. The molecule has 6 heterocycles. The Hall–Kier alpha value is -6.13. The zero-order chi connectivity index (χ0) is 48.2. The quantitative estimate of drug-likeness (QED) is 0.121. The van der Waals surface area contributed by atoms with Gasteiger partial charge in [-0.05, 0) is 92.5 Å². The van der Waals surface area contributed by atoms with Gasteiger partial charge in [-0.2, -0.15) is 18.4 Å². The molecule has 0 bridgehead atoms. The Balaban J connectivity index is 0.727. The molecule has 0 radical (unpaired) electrons. The number of benzene rings is 2. The van der Waals surface area contributed by atoms with Crippen molar-refractivity contribution >= 4 is 52.8 Å². The van der Waals surface area contributed by atoms with Gasteiger partial charge in [0, 0.05) is 116 Å². The summed E-state index contributed by atoms with van der Waals surface area (Å²) < 4.78 is 56.4. The van der Waals surface area contributed by atoms with Gasteiger partial charge >= 0.3 is 6.18 Å². The topological polar surface area (TPSA) is 166 Å². The van der Waals surface area contributed by atoms with Crippen LogP contribution in [-0.2, 0) is 20.6 Å². The average molecular weight is 943 g/mol. The van der Waals surface area contributed by atoms with E-state index in [9.17, 15) is 37.1 Å². The normalized spacial score (nSPS) is 20.2. The summed E-state index contributed by atoms with van der Waals surface area (Å²) in [5, 5.41) is 14.2. The smallest absolute Gasteiger partial charge is 0.371 e. The van der Waals surface area contributed by atoms with Crippen LogP contribution in [0.25, 0.3) is 0 Å². The minimum absolute atomic E-state index is 0.0301. The number of carbonyl (C=O) groups excluding carboxylic acids is 5. The average Bonchev–Trinajstić information content (AvgIpc) is 3.60. The molecule has 0 aliphatic carbocycles. The fourth-order valence-corrected chi connectivity index (χ4v) is 10.4. The fourth-order valence-electron chi connectivity index (χ4n) is 10.4. The number of rotatable bonds is 14. The molecule has 362 valence electrons. The number of piperazine rings is 1. The first-order chi connectivity index (χ1) is 32.7. The number of carbonyl (C=O) groups is 5. The molecule has 19 heteroatoms. The number of likely N-dealkylation sites (N-methyl/N-ethyl adjacent to an activating group) is 1. The van der Waals surface area contributed by atoms with Crippen molar-refractivity contribution in [3.63, 3.8) is 0 Å². The minimum atomic E-state index is -4.70. The maximum atomic E-state index is 15.9. The molecule has 2 N–H and O–H groups in total. The Morgan fingerprint density at radius 2 is 1.34 bits per heavy atom. The number of pyridine rings is 1. The Morgan fingerprint density at radius 1 is 0.794 bits per heavy atom. The van der Waals surface area contributed by atoms with E-state index in [-0.39, 0.29) is 55.8 Å². The lowest BCUT2D eigenvalue weighted by atomic mass is 9.91. The number of aldehydes is 1. The van der Waals surface area contributed by atoms with Crippen LogP contribution in [0, 0.1) is 23.2 Å². The molecular weight excluding hydrogens is 885 g/mol. The summed E-state index contributed by atoms with van der Waals surface area (Å²) in [6.45, 7) is 9.74. The molecule has 4 amide bonds. The second kappa shape index (κ2) is 20.6. The summed E-state index contributed by atoms with van der Waals surface area (Å²) in [7, 11) is 1.44. The van der Waals surface area contributed by atoms with E-state index in [2.05, 4.69) is 35.2 Å². The number of hydrogen-bond acceptors (Lipinski definition) is 12. The first-order valence-electron chi connectivity index (χ1n) is 23.6. The van der Waals surface area contributed by atoms with Crippen molar-refractivity contribution in [1.29, 1.82) is 5.26 Å². The van der Waals surface area contributed by atoms with E-state index in [1.165, 1.54) is 13.1 Å². The molecule has 5 aliphatic heterocycles. The maximum Gasteiger partial charge on any atom is 0.417 e. The van der Waals surface area contributed by atoms with Gasteiger partial charge in [0.05, 0.1) is 40.2 Å². The number of aromatic nitrogens is 1. The lowest BCUT2D eigenvalue weighted by molar-refractivity contribution is -0.137. The Kier molecular flexibility index (Phi) is 14.7. The van der Waals surface area contributed by atoms with Crippen LogP contribution in [0.1, 0.15) is 83.2 Å². The van der Waals surface area contributed by atoms with Crippen LogP contribution in [0.2, 0.25) is 0 Å². The fraction of sp³-hybridized carbons (Fsp3) is 0.531. The van der Waals surface area contributed by atoms with Crippen LogP contribution in [0.3, 0.4) is 0 Å². The van der Waals surface area contributed by atoms with Gasteiger partial charge in [-0.1, -0.05) is 0 Å². The lowest BCUT2D eigenvalue weighted by Crippen LogP contribution is -2.50. The molecule has 4 fully saturated rings. The molecule has 0 saturated carbocycles. The highest BCUT2D eigenvalue weighted by Gasteiger charge is 2.44. The van der Waals surface area contributed by atoms with E-state index in [0.29, 0.717) is 23.7 Å². The lowest BCUT2D eigenvalue weighted by Gasteiger charge is -2.41. The van der Waals surface area contributed by atoms with Crippen LogP contribution in [-0.4, -0.2) is 147 Å². The third-order valence-electron chi connectivity index (χ3n) is 14.5. The Bertz CT molecular complexity index is 2380. The number of halogens is 4. The number of piperidine rings is 3. The molecule has 8 rings (SSSR count). The van der Waals surface area contributed by atoms with Gasteiger partial charge in [-0.3, -0.25) is 24.1 Å². The van der Waals surface area contributed by atoms with Crippen LogP contribution in [0.5, 0.6) is 0 Å². The van der Waals surface area contributed by atoms with Crippen molar-refractivity contribution in [1.82, 2.24) is 25.0 Å². The molecule has 1 aromatic heterocycles. The van der Waals surface area contributed by atoms with Gasteiger partial charge in [0.25, 0.3) is 17.7 Å². The number of anilines is 4. The molecule has 4 saturated heterocycles. The highest BCUT2D eigenvalue weighted by atomic mass is 19.4. The maximum absolute atomic E-state index is 15.9. The number of hydrogen-bond donors (Lipinski definition) is 2. The van der Waals surface area contributed by atoms with Crippen LogP contribution >= 0.6 is 0 Å². The zero-order valence-electron chi connectivity index (χ0n) is 38.3. The van der Waals surface area contributed by atoms with Crippen molar-refractivity contribution in [2.45, 2.75) is 69.3 Å². The van der Waals surface area contributed by atoms with Gasteiger partial charge in [0.15, 0.2) is 5.67 Å². The number of fused-ring (bicyclic) bond motifs is 1. The molecule has 5 aliphatic rings. The van der Waals surface area contributed by atoms with E-state index in [1.807, 2.05) is 12.1 Å². The van der Waals surface area contributed by atoms with E-state index in [1.54, 1.807) is 35.4 Å². The SMILES string of the molecule is CNC(=O)C(CCC=O)N1C(=O)c2ccc(N3CCC(CN4CCN(CC5CCN(c6ccc(NC(=O)C7(F)CCN(c8ccc(C#N)c(C(F)(F)F)c8)CC7)nc6)CC5)CC4)CC3)cc2C1=O. The Morgan fingerprint density at radius 3 is 1.88 bits per heavy atom. The largest absolute Gasteiger partial charge is 0.417 e. The second-order valence-electron chi connectivity index (χ2n) is 18.7. The molecule has 1 unspecified atom stereocenters.